The summed E-state index contributed by atoms with van der Waals surface area (Å²) in [5, 5.41) is 24.6. The van der Waals surface area contributed by atoms with Crippen LogP contribution in [0.1, 0.15) is 29.2 Å². The van der Waals surface area contributed by atoms with Crippen LogP contribution in [0.3, 0.4) is 0 Å². The summed E-state index contributed by atoms with van der Waals surface area (Å²) in [7, 11) is 0. The molecule has 28 heavy (non-hydrogen) atoms. The number of nitrogens with zero attached hydrogens (tertiary/aromatic N) is 5. The third kappa shape index (κ3) is 3.81. The lowest BCUT2D eigenvalue weighted by atomic mass is 10.0. The van der Waals surface area contributed by atoms with Gasteiger partial charge in [-0.05, 0) is 17.7 Å². The summed E-state index contributed by atoms with van der Waals surface area (Å²) in [5.74, 6) is 0.916. The van der Waals surface area contributed by atoms with Crippen molar-refractivity contribution in [2.24, 2.45) is 0 Å². The highest BCUT2D eigenvalue weighted by Crippen LogP contribution is 2.40. The molecule has 1 aliphatic rings. The van der Waals surface area contributed by atoms with Gasteiger partial charge in [0.25, 0.3) is 0 Å². The summed E-state index contributed by atoms with van der Waals surface area (Å²) in [6.07, 6.45) is 0.741. The Hall–Kier alpha value is -1.52. The Kier molecular flexibility index (Phi) is 5.98. The van der Waals surface area contributed by atoms with Crippen LogP contribution in [0.4, 0.5) is 0 Å². The number of piperazine rings is 1. The SMILES string of the molecule is CCc1nc2sc([C@@H](c3cccc(Br)c3)N3CCN(CCO)CC3)c(O)n2n1. The number of aromatic hydroxyl groups is 1. The van der Waals surface area contributed by atoms with Crippen molar-refractivity contribution in [3.8, 4) is 5.88 Å². The van der Waals surface area contributed by atoms with Crippen LogP contribution in [0.5, 0.6) is 5.88 Å². The fraction of sp³-hybridized carbons (Fsp3) is 0.474. The van der Waals surface area contributed by atoms with Crippen molar-refractivity contribution in [3.63, 3.8) is 0 Å². The van der Waals surface area contributed by atoms with Gasteiger partial charge in [-0.25, -0.2) is 4.98 Å². The van der Waals surface area contributed by atoms with Crippen molar-refractivity contribution < 1.29 is 10.2 Å². The summed E-state index contributed by atoms with van der Waals surface area (Å²) in [6, 6.07) is 8.18. The van der Waals surface area contributed by atoms with Gasteiger partial charge in [-0.3, -0.25) is 9.80 Å². The number of aliphatic hydroxyl groups excluding tert-OH is 1. The van der Waals surface area contributed by atoms with E-state index < -0.39 is 0 Å². The zero-order valence-corrected chi connectivity index (χ0v) is 18.2. The average Bonchev–Trinajstić information content (AvgIpc) is 3.23. The van der Waals surface area contributed by atoms with Gasteiger partial charge >= 0.3 is 0 Å². The Labute approximate surface area is 176 Å². The number of rotatable bonds is 6. The van der Waals surface area contributed by atoms with Crippen LogP contribution in [0.15, 0.2) is 28.7 Å². The number of β-amino-alcohol motifs (C(OH)–C–C–N with tert-alkyl or cyclic N) is 1. The number of fused-ring (bicyclic) bond motifs is 1. The minimum atomic E-state index is -0.0626. The average molecular weight is 466 g/mol. The van der Waals surface area contributed by atoms with Gasteiger partial charge in [-0.1, -0.05) is 46.3 Å². The minimum Gasteiger partial charge on any atom is -0.492 e. The highest BCUT2D eigenvalue weighted by atomic mass is 79.9. The molecule has 1 saturated heterocycles. The van der Waals surface area contributed by atoms with E-state index in [1.54, 1.807) is 4.52 Å². The predicted octanol–water partition coefficient (Wildman–Crippen LogP) is 2.52. The molecule has 2 N–H and O–H groups in total. The smallest absolute Gasteiger partial charge is 0.230 e. The Morgan fingerprint density at radius 2 is 2.04 bits per heavy atom. The maximum absolute atomic E-state index is 11.0. The molecule has 0 radical (unpaired) electrons. The first kappa shape index (κ1) is 19.8. The number of hydrogen-bond donors (Lipinski definition) is 2. The standard InChI is InChI=1S/C19H24BrN5O2S/c1-2-15-21-19-25(22-15)18(27)17(28-19)16(13-4-3-5-14(20)12-13)24-8-6-23(7-9-24)10-11-26/h3-5,12,16,26-27H,2,6-11H2,1H3/t16-/m1/s1. The second-order valence-electron chi connectivity index (χ2n) is 6.92. The summed E-state index contributed by atoms with van der Waals surface area (Å²) >= 11 is 5.08. The molecule has 2 aromatic heterocycles. The lowest BCUT2D eigenvalue weighted by Crippen LogP contribution is -2.48. The van der Waals surface area contributed by atoms with Gasteiger partial charge in [0.05, 0.1) is 17.5 Å². The molecule has 0 unspecified atom stereocenters. The zero-order valence-electron chi connectivity index (χ0n) is 15.8. The molecule has 0 aliphatic carbocycles. The highest BCUT2D eigenvalue weighted by molar-refractivity contribution is 9.10. The number of aryl methyl sites for hydroxylation is 1. The van der Waals surface area contributed by atoms with Gasteiger partial charge in [0, 0.05) is 43.6 Å². The molecule has 9 heteroatoms. The van der Waals surface area contributed by atoms with Gasteiger partial charge in [-0.15, -0.1) is 5.10 Å². The summed E-state index contributed by atoms with van der Waals surface area (Å²) in [4.78, 5) is 10.8. The summed E-state index contributed by atoms with van der Waals surface area (Å²) in [5.41, 5.74) is 1.13. The lowest BCUT2D eigenvalue weighted by Gasteiger charge is -2.39. The van der Waals surface area contributed by atoms with Crippen LogP contribution < -0.4 is 0 Å². The first-order chi connectivity index (χ1) is 13.6. The normalized spacial score (nSPS) is 17.4. The molecule has 1 aromatic carbocycles. The number of thiazole rings is 1. The second kappa shape index (κ2) is 8.46. The summed E-state index contributed by atoms with van der Waals surface area (Å²) < 4.78 is 2.58. The molecular formula is C19H24BrN5O2S. The maximum atomic E-state index is 11.0. The number of hydrogen-bond acceptors (Lipinski definition) is 7. The van der Waals surface area contributed by atoms with Gasteiger partial charge < -0.3 is 10.2 Å². The number of aliphatic hydroxyl groups is 1. The van der Waals surface area contributed by atoms with E-state index in [9.17, 15) is 10.2 Å². The minimum absolute atomic E-state index is 0.0626. The molecule has 3 heterocycles. The first-order valence-electron chi connectivity index (χ1n) is 9.50. The Morgan fingerprint density at radius 3 is 2.68 bits per heavy atom. The highest BCUT2D eigenvalue weighted by Gasteiger charge is 2.31. The quantitative estimate of drug-likeness (QED) is 0.582. The van der Waals surface area contributed by atoms with Crippen LogP contribution >= 0.6 is 27.3 Å². The van der Waals surface area contributed by atoms with Crippen LogP contribution in [-0.4, -0.2) is 73.9 Å². The third-order valence-corrected chi connectivity index (χ3v) is 6.73. The van der Waals surface area contributed by atoms with Crippen molar-refractivity contribution in [1.82, 2.24) is 24.4 Å². The molecule has 4 rings (SSSR count). The van der Waals surface area contributed by atoms with Crippen LogP contribution in [0, 0.1) is 0 Å². The van der Waals surface area contributed by atoms with Gasteiger partial charge in [0.2, 0.25) is 10.8 Å². The summed E-state index contributed by atoms with van der Waals surface area (Å²) in [6.45, 7) is 6.42. The molecule has 3 aromatic rings. The molecule has 7 nitrogen and oxygen atoms in total. The van der Waals surface area contributed by atoms with E-state index in [0.29, 0.717) is 6.54 Å². The molecular weight excluding hydrogens is 442 g/mol. The molecule has 1 aliphatic heterocycles. The Morgan fingerprint density at radius 1 is 1.25 bits per heavy atom. The monoisotopic (exact) mass is 465 g/mol. The second-order valence-corrected chi connectivity index (χ2v) is 8.85. The van der Waals surface area contributed by atoms with Crippen LogP contribution in [0.25, 0.3) is 4.96 Å². The molecule has 0 spiro atoms. The van der Waals surface area contributed by atoms with Crippen molar-refractivity contribution in [2.45, 2.75) is 19.4 Å². The zero-order chi connectivity index (χ0) is 19.7. The van der Waals surface area contributed by atoms with E-state index in [2.05, 4.69) is 47.9 Å². The predicted molar refractivity (Wildman–Crippen MR) is 113 cm³/mol. The third-order valence-electron chi connectivity index (χ3n) is 5.16. The van der Waals surface area contributed by atoms with Crippen molar-refractivity contribution >= 4 is 32.2 Å². The fourth-order valence-electron chi connectivity index (χ4n) is 3.71. The van der Waals surface area contributed by atoms with E-state index in [0.717, 1.165) is 58.3 Å². The Balaban J connectivity index is 1.71. The van der Waals surface area contributed by atoms with E-state index in [1.165, 1.54) is 11.3 Å². The molecule has 1 fully saturated rings. The van der Waals surface area contributed by atoms with Gasteiger partial charge in [0.15, 0.2) is 5.82 Å². The van der Waals surface area contributed by atoms with E-state index in [1.807, 2.05) is 19.1 Å². The van der Waals surface area contributed by atoms with Crippen LogP contribution in [-0.2, 0) is 6.42 Å². The Bertz CT molecular complexity index is 951. The number of benzene rings is 1. The van der Waals surface area contributed by atoms with E-state index in [4.69, 9.17) is 0 Å². The first-order valence-corrected chi connectivity index (χ1v) is 11.1. The fourth-order valence-corrected chi connectivity index (χ4v) is 5.26. The van der Waals surface area contributed by atoms with Gasteiger partial charge in [-0.2, -0.15) is 4.52 Å². The van der Waals surface area contributed by atoms with Crippen molar-refractivity contribution in [1.29, 1.82) is 0 Å². The number of halogens is 1. The molecule has 0 saturated carbocycles. The van der Waals surface area contributed by atoms with Crippen molar-refractivity contribution in [2.75, 3.05) is 39.3 Å². The largest absolute Gasteiger partial charge is 0.492 e. The molecule has 0 amide bonds. The lowest BCUT2D eigenvalue weighted by molar-refractivity contribution is 0.0945. The van der Waals surface area contributed by atoms with E-state index in [-0.39, 0.29) is 18.5 Å². The van der Waals surface area contributed by atoms with Crippen LogP contribution in [0.2, 0.25) is 0 Å². The number of aromatic nitrogens is 3. The van der Waals surface area contributed by atoms with Crippen molar-refractivity contribution in [3.05, 3.63) is 45.0 Å². The molecule has 1 atom stereocenters. The maximum Gasteiger partial charge on any atom is 0.230 e. The van der Waals surface area contributed by atoms with E-state index >= 15 is 0 Å². The van der Waals surface area contributed by atoms with Gasteiger partial charge in [0.1, 0.15) is 0 Å². The topological polar surface area (TPSA) is 77.1 Å². The molecule has 0 bridgehead atoms. The molecule has 150 valence electrons.